The maximum absolute atomic E-state index is 13.0. The summed E-state index contributed by atoms with van der Waals surface area (Å²) < 4.78 is 41.0. The second-order valence-corrected chi connectivity index (χ2v) is 10.4. The summed E-state index contributed by atoms with van der Waals surface area (Å²) in [6.07, 6.45) is 1.41. The molecule has 0 spiro atoms. The molecule has 11 nitrogen and oxygen atoms in total. The van der Waals surface area contributed by atoms with Crippen molar-refractivity contribution in [1.29, 1.82) is 0 Å². The van der Waals surface area contributed by atoms with Gasteiger partial charge < -0.3 is 21.1 Å². The highest BCUT2D eigenvalue weighted by Crippen LogP contribution is 2.34. The van der Waals surface area contributed by atoms with Gasteiger partial charge in [-0.3, -0.25) is 18.9 Å². The topological polar surface area (TPSA) is 142 Å². The molecule has 1 fully saturated rings. The van der Waals surface area contributed by atoms with Gasteiger partial charge in [-0.25, -0.2) is 15.0 Å². The Hall–Kier alpha value is -4.56. The van der Waals surface area contributed by atoms with Gasteiger partial charge in [0.25, 0.3) is 5.91 Å². The van der Waals surface area contributed by atoms with E-state index in [9.17, 15) is 22.8 Å². The van der Waals surface area contributed by atoms with Crippen LogP contribution in [0.4, 0.5) is 24.8 Å². The van der Waals surface area contributed by atoms with Gasteiger partial charge in [0.05, 0.1) is 18.7 Å². The van der Waals surface area contributed by atoms with Crippen molar-refractivity contribution in [3.8, 4) is 11.3 Å². The maximum Gasteiger partial charge on any atom is 0.416 e. The fourth-order valence-electron chi connectivity index (χ4n) is 5.21. The highest BCUT2D eigenvalue weighted by Gasteiger charge is 2.31. The van der Waals surface area contributed by atoms with Gasteiger partial charge in [-0.15, -0.1) is 0 Å². The van der Waals surface area contributed by atoms with E-state index in [2.05, 4.69) is 15.3 Å². The molecule has 3 aromatic heterocycles. The third-order valence-corrected chi connectivity index (χ3v) is 7.39. The third-order valence-electron chi connectivity index (χ3n) is 7.39. The van der Waals surface area contributed by atoms with Crippen molar-refractivity contribution in [1.82, 2.24) is 29.2 Å². The molecule has 2 amide bonds. The minimum absolute atomic E-state index is 0.0166. The number of halogens is 3. The van der Waals surface area contributed by atoms with E-state index in [1.54, 1.807) is 48.6 Å². The number of fused-ring (bicyclic) bond motifs is 1. The van der Waals surface area contributed by atoms with E-state index in [1.807, 2.05) is 9.30 Å². The number of likely N-dealkylation sites (tertiary alicyclic amines) is 1. The van der Waals surface area contributed by atoms with Crippen LogP contribution >= 0.6 is 0 Å². The second kappa shape index (κ2) is 12.4. The Balaban J connectivity index is 1.38. The largest absolute Gasteiger partial charge is 0.416 e. The smallest absolute Gasteiger partial charge is 0.395 e. The van der Waals surface area contributed by atoms with E-state index in [4.69, 9.17) is 15.8 Å². The van der Waals surface area contributed by atoms with Crippen LogP contribution in [0.2, 0.25) is 0 Å². The zero-order valence-corrected chi connectivity index (χ0v) is 23.4. The number of carbonyl (C=O) groups is 2. The Kier molecular flexibility index (Phi) is 8.59. The summed E-state index contributed by atoms with van der Waals surface area (Å²) in [5.41, 5.74) is 7.39. The number of amides is 2. The molecule has 1 aromatic carbocycles. The van der Waals surface area contributed by atoms with Crippen LogP contribution in [-0.2, 0) is 11.0 Å². The van der Waals surface area contributed by atoms with Gasteiger partial charge in [0.15, 0.2) is 0 Å². The quantitative estimate of drug-likeness (QED) is 0.282. The van der Waals surface area contributed by atoms with Crippen molar-refractivity contribution in [3.05, 3.63) is 71.9 Å². The van der Waals surface area contributed by atoms with Gasteiger partial charge in [0, 0.05) is 55.3 Å². The summed E-state index contributed by atoms with van der Waals surface area (Å²) in [6.45, 7) is 1.72. The number of aliphatic hydroxyl groups excluding tert-OH is 1. The molecule has 0 saturated carbocycles. The molecular weight excluding hydrogens is 565 g/mol. The summed E-state index contributed by atoms with van der Waals surface area (Å²) in [6, 6.07) is 8.05. The molecule has 1 aliphatic heterocycles. The lowest BCUT2D eigenvalue weighted by molar-refractivity contribution is -0.137. The zero-order chi connectivity index (χ0) is 30.7. The van der Waals surface area contributed by atoms with Crippen LogP contribution in [0.15, 0.2) is 55.0 Å². The minimum Gasteiger partial charge on any atom is -0.395 e. The number of piperidine rings is 1. The Morgan fingerprint density at radius 1 is 1.16 bits per heavy atom. The number of hydrogen-bond acceptors (Lipinski definition) is 8. The summed E-state index contributed by atoms with van der Waals surface area (Å²) in [4.78, 5) is 42.3. The minimum atomic E-state index is -4.56. The van der Waals surface area contributed by atoms with Crippen molar-refractivity contribution in [3.63, 3.8) is 0 Å². The number of nitrogen functional groups attached to an aromatic ring is 1. The highest BCUT2D eigenvalue weighted by molar-refractivity contribution is 6.04. The lowest BCUT2D eigenvalue weighted by Gasteiger charge is -2.33. The van der Waals surface area contributed by atoms with Crippen LogP contribution < -0.4 is 11.1 Å². The Morgan fingerprint density at radius 3 is 2.65 bits per heavy atom. The number of rotatable bonds is 8. The number of aliphatic hydroxyl groups is 1. The van der Waals surface area contributed by atoms with Crippen LogP contribution in [-0.4, -0.2) is 85.9 Å². The van der Waals surface area contributed by atoms with E-state index < -0.39 is 17.6 Å². The molecule has 1 unspecified atom stereocenters. The summed E-state index contributed by atoms with van der Waals surface area (Å²) in [7, 11) is 1.79. The second-order valence-electron chi connectivity index (χ2n) is 10.4. The number of pyridine rings is 1. The first-order chi connectivity index (χ1) is 20.5. The molecule has 1 saturated heterocycles. The Morgan fingerprint density at radius 2 is 1.93 bits per heavy atom. The molecule has 4 heterocycles. The van der Waals surface area contributed by atoms with Crippen LogP contribution in [0.5, 0.6) is 0 Å². The SMILES string of the molecule is CN(CCO)CC(=O)N1CCCC(c2nc(-c3ccc(C(=O)Nc4cc(C(F)(F)F)ccn4)cc3)c3c(N)nccn23)C1. The number of nitrogens with zero attached hydrogens (tertiary/aromatic N) is 6. The fraction of sp³-hybridized carbons (Fsp3) is 0.345. The van der Waals surface area contributed by atoms with Gasteiger partial charge in [0.2, 0.25) is 5.91 Å². The molecule has 226 valence electrons. The number of benzene rings is 1. The van der Waals surface area contributed by atoms with Crippen molar-refractivity contribution < 1.29 is 27.9 Å². The van der Waals surface area contributed by atoms with E-state index in [0.29, 0.717) is 36.4 Å². The first-order valence-corrected chi connectivity index (χ1v) is 13.7. The first kappa shape index (κ1) is 29.9. The van der Waals surface area contributed by atoms with E-state index in [1.165, 1.54) is 0 Å². The number of imidazole rings is 1. The number of nitrogens with one attached hydrogen (secondary N) is 1. The third kappa shape index (κ3) is 6.60. The fourth-order valence-corrected chi connectivity index (χ4v) is 5.21. The number of alkyl halides is 3. The molecular formula is C29H31F3N8O3. The molecule has 43 heavy (non-hydrogen) atoms. The molecule has 14 heteroatoms. The van der Waals surface area contributed by atoms with Crippen molar-refractivity contribution in [2.75, 3.05) is 50.9 Å². The first-order valence-electron chi connectivity index (χ1n) is 13.7. The van der Waals surface area contributed by atoms with Crippen molar-refractivity contribution in [2.24, 2.45) is 0 Å². The number of likely N-dealkylation sites (N-methyl/N-ethyl adjacent to an activating group) is 1. The van der Waals surface area contributed by atoms with Crippen LogP contribution in [0, 0.1) is 0 Å². The van der Waals surface area contributed by atoms with E-state index in [-0.39, 0.29) is 42.2 Å². The van der Waals surface area contributed by atoms with E-state index >= 15 is 0 Å². The van der Waals surface area contributed by atoms with Gasteiger partial charge in [-0.1, -0.05) is 12.1 Å². The van der Waals surface area contributed by atoms with E-state index in [0.717, 1.165) is 37.0 Å². The van der Waals surface area contributed by atoms with Crippen LogP contribution in [0.3, 0.4) is 0 Å². The van der Waals surface area contributed by atoms with Gasteiger partial charge in [-0.05, 0) is 44.2 Å². The Labute approximate surface area is 245 Å². The van der Waals surface area contributed by atoms with Gasteiger partial charge in [0.1, 0.15) is 28.7 Å². The molecule has 0 bridgehead atoms. The van der Waals surface area contributed by atoms with Gasteiger partial charge in [-0.2, -0.15) is 13.2 Å². The molecule has 4 N–H and O–H groups in total. The number of anilines is 2. The average Bonchev–Trinajstić information content (AvgIpc) is 3.38. The van der Waals surface area contributed by atoms with Crippen molar-refractivity contribution >= 4 is 29.0 Å². The van der Waals surface area contributed by atoms with Crippen molar-refractivity contribution in [2.45, 2.75) is 24.9 Å². The lowest BCUT2D eigenvalue weighted by atomic mass is 9.97. The summed E-state index contributed by atoms with van der Waals surface area (Å²) >= 11 is 0. The number of nitrogens with two attached hydrogens (primary N) is 1. The number of carbonyl (C=O) groups excluding carboxylic acids is 2. The standard InChI is InChI=1S/C29H31F3N8O3/c1-38(13-14-41)17-23(42)39-11-2-3-20(16-39)27-37-24(25-26(33)35-10-12-40(25)27)18-4-6-19(7-5-18)28(43)36-22-15-21(8-9-34-22)29(30,31)32/h4-10,12,15,20,41H,2-3,11,13-14,16-17H2,1H3,(H2,33,35)(H,34,36,43). The molecule has 1 aliphatic rings. The molecule has 0 radical (unpaired) electrons. The molecule has 4 aromatic rings. The summed E-state index contributed by atoms with van der Waals surface area (Å²) in [5, 5.41) is 11.6. The molecule has 0 aliphatic carbocycles. The number of hydrogen-bond donors (Lipinski definition) is 3. The zero-order valence-electron chi connectivity index (χ0n) is 23.4. The predicted molar refractivity (Wildman–Crippen MR) is 153 cm³/mol. The normalized spacial score (nSPS) is 15.7. The van der Waals surface area contributed by atoms with Crippen LogP contribution in [0.1, 0.15) is 40.5 Å². The predicted octanol–water partition coefficient (Wildman–Crippen LogP) is 3.27. The average molecular weight is 597 g/mol. The van der Waals surface area contributed by atoms with Gasteiger partial charge >= 0.3 is 6.18 Å². The summed E-state index contributed by atoms with van der Waals surface area (Å²) in [5.74, 6) is 0.0888. The monoisotopic (exact) mass is 596 g/mol. The Bertz CT molecular complexity index is 1620. The molecule has 5 rings (SSSR count). The highest BCUT2D eigenvalue weighted by atomic mass is 19.4. The van der Waals surface area contributed by atoms with Crippen LogP contribution in [0.25, 0.3) is 16.8 Å². The lowest BCUT2D eigenvalue weighted by Crippen LogP contribution is -2.44. The number of aromatic nitrogens is 4. The molecule has 1 atom stereocenters. The maximum atomic E-state index is 13.0.